The van der Waals surface area contributed by atoms with Gasteiger partial charge in [-0.15, -0.1) is 0 Å². The third kappa shape index (κ3) is 4.42. The van der Waals surface area contributed by atoms with Crippen LogP contribution in [0.1, 0.15) is 31.1 Å². The number of ether oxygens (including phenoxy) is 1. The van der Waals surface area contributed by atoms with Crippen molar-refractivity contribution in [2.24, 2.45) is 0 Å². The minimum atomic E-state index is -0.315. The van der Waals surface area contributed by atoms with Gasteiger partial charge in [0.15, 0.2) is 0 Å². The van der Waals surface area contributed by atoms with E-state index in [1.54, 1.807) is 25.4 Å². The van der Waals surface area contributed by atoms with E-state index < -0.39 is 0 Å². The molecule has 0 aliphatic rings. The third-order valence-corrected chi connectivity index (χ3v) is 3.41. The summed E-state index contributed by atoms with van der Waals surface area (Å²) in [4.78, 5) is 22.3. The average molecular weight is 314 g/mol. The number of rotatable bonds is 7. The van der Waals surface area contributed by atoms with Crippen LogP contribution >= 0.6 is 0 Å². The van der Waals surface area contributed by atoms with E-state index >= 15 is 0 Å². The number of esters is 1. The highest BCUT2D eigenvalue weighted by Crippen LogP contribution is 2.19. The van der Waals surface area contributed by atoms with Crippen LogP contribution in [-0.4, -0.2) is 35.6 Å². The van der Waals surface area contributed by atoms with Gasteiger partial charge in [0, 0.05) is 24.8 Å². The molecule has 0 atom stereocenters. The Kier molecular flexibility index (Phi) is 5.91. The van der Waals surface area contributed by atoms with Crippen molar-refractivity contribution in [3.05, 3.63) is 42.2 Å². The molecule has 0 fully saturated rings. The first-order chi connectivity index (χ1) is 11.2. The molecule has 6 heteroatoms. The lowest BCUT2D eigenvalue weighted by atomic mass is 10.2. The van der Waals surface area contributed by atoms with Gasteiger partial charge in [-0.05, 0) is 45.0 Å². The predicted octanol–water partition coefficient (Wildman–Crippen LogP) is 3.24. The predicted molar refractivity (Wildman–Crippen MR) is 91.3 cm³/mol. The van der Waals surface area contributed by atoms with Gasteiger partial charge >= 0.3 is 5.97 Å². The summed E-state index contributed by atoms with van der Waals surface area (Å²) < 4.78 is 4.97. The Bertz CT molecular complexity index is 639. The summed E-state index contributed by atoms with van der Waals surface area (Å²) >= 11 is 0. The van der Waals surface area contributed by atoms with Gasteiger partial charge in [0.05, 0.1) is 12.2 Å². The molecule has 122 valence electrons. The molecule has 1 aromatic carbocycles. The van der Waals surface area contributed by atoms with Crippen LogP contribution in [0.5, 0.6) is 0 Å². The normalized spacial score (nSPS) is 10.2. The quantitative estimate of drug-likeness (QED) is 0.791. The van der Waals surface area contributed by atoms with E-state index in [9.17, 15) is 4.79 Å². The van der Waals surface area contributed by atoms with Crippen LogP contribution in [0.3, 0.4) is 0 Å². The summed E-state index contributed by atoms with van der Waals surface area (Å²) in [6.45, 7) is 8.12. The molecule has 2 rings (SSSR count). The second-order valence-corrected chi connectivity index (χ2v) is 4.86. The fourth-order valence-corrected chi connectivity index (χ4v) is 2.19. The van der Waals surface area contributed by atoms with Gasteiger partial charge < -0.3 is 15.0 Å². The van der Waals surface area contributed by atoms with Crippen molar-refractivity contribution in [3.63, 3.8) is 0 Å². The zero-order valence-corrected chi connectivity index (χ0v) is 13.7. The Hall–Kier alpha value is -2.63. The van der Waals surface area contributed by atoms with Gasteiger partial charge in [-0.2, -0.15) is 0 Å². The molecule has 1 N–H and O–H groups in total. The van der Waals surface area contributed by atoms with Crippen LogP contribution in [0, 0.1) is 0 Å². The molecule has 0 saturated carbocycles. The van der Waals surface area contributed by atoms with Crippen molar-refractivity contribution >= 4 is 23.3 Å². The van der Waals surface area contributed by atoms with Crippen LogP contribution in [0.2, 0.25) is 0 Å². The Balaban J connectivity index is 2.10. The second-order valence-electron chi connectivity index (χ2n) is 4.86. The zero-order valence-electron chi connectivity index (χ0n) is 13.7. The van der Waals surface area contributed by atoms with Crippen molar-refractivity contribution in [3.8, 4) is 0 Å². The topological polar surface area (TPSA) is 67.3 Å². The molecular weight excluding hydrogens is 292 g/mol. The van der Waals surface area contributed by atoms with Gasteiger partial charge in [-0.25, -0.2) is 14.8 Å². The first-order valence-corrected chi connectivity index (χ1v) is 7.79. The number of anilines is 3. The molecule has 2 aromatic rings. The third-order valence-electron chi connectivity index (χ3n) is 3.41. The van der Waals surface area contributed by atoms with Crippen LogP contribution < -0.4 is 10.2 Å². The van der Waals surface area contributed by atoms with Crippen LogP contribution in [0.15, 0.2) is 36.7 Å². The molecule has 0 spiro atoms. The van der Waals surface area contributed by atoms with Crippen molar-refractivity contribution in [2.45, 2.75) is 20.8 Å². The summed E-state index contributed by atoms with van der Waals surface area (Å²) in [7, 11) is 0. The number of aromatic nitrogens is 2. The first kappa shape index (κ1) is 16.7. The Morgan fingerprint density at radius 3 is 2.43 bits per heavy atom. The molecule has 0 aliphatic heterocycles. The molecule has 0 bridgehead atoms. The van der Waals surface area contributed by atoms with E-state index in [2.05, 4.69) is 34.0 Å². The van der Waals surface area contributed by atoms with Gasteiger partial charge in [-0.1, -0.05) is 0 Å². The van der Waals surface area contributed by atoms with Gasteiger partial charge in [-0.3, -0.25) is 0 Å². The van der Waals surface area contributed by atoms with Crippen molar-refractivity contribution in [2.75, 3.05) is 29.9 Å². The average Bonchev–Trinajstić information content (AvgIpc) is 2.57. The molecule has 1 heterocycles. The standard InChI is InChI=1S/C17H22N4O2/c1-4-21(5-2)16-11-15(18-12-19-16)20-14-9-7-13(8-10-14)17(22)23-6-3/h7-12H,4-6H2,1-3H3,(H,18,19,20). The number of nitrogens with zero attached hydrogens (tertiary/aromatic N) is 3. The lowest BCUT2D eigenvalue weighted by Crippen LogP contribution is -2.23. The number of carbonyl (C=O) groups excluding carboxylic acids is 1. The fraction of sp³-hybridized carbons (Fsp3) is 0.353. The number of benzene rings is 1. The van der Waals surface area contributed by atoms with Crippen molar-refractivity contribution < 1.29 is 9.53 Å². The molecule has 0 amide bonds. The zero-order chi connectivity index (χ0) is 16.7. The lowest BCUT2D eigenvalue weighted by Gasteiger charge is -2.19. The SMILES string of the molecule is CCOC(=O)c1ccc(Nc2cc(N(CC)CC)ncn2)cc1. The molecule has 0 radical (unpaired) electrons. The Morgan fingerprint density at radius 2 is 1.83 bits per heavy atom. The minimum absolute atomic E-state index is 0.315. The van der Waals surface area contributed by atoms with E-state index in [4.69, 9.17) is 4.74 Å². The maximum Gasteiger partial charge on any atom is 0.338 e. The highest BCUT2D eigenvalue weighted by atomic mass is 16.5. The number of hydrogen-bond acceptors (Lipinski definition) is 6. The Morgan fingerprint density at radius 1 is 1.13 bits per heavy atom. The summed E-state index contributed by atoms with van der Waals surface area (Å²) in [5.41, 5.74) is 1.38. The molecular formula is C17H22N4O2. The van der Waals surface area contributed by atoms with Gasteiger partial charge in [0.25, 0.3) is 0 Å². The lowest BCUT2D eigenvalue weighted by molar-refractivity contribution is 0.0526. The van der Waals surface area contributed by atoms with Crippen LogP contribution in [0.25, 0.3) is 0 Å². The van der Waals surface area contributed by atoms with E-state index in [-0.39, 0.29) is 5.97 Å². The Labute approximate surface area is 136 Å². The molecule has 23 heavy (non-hydrogen) atoms. The second kappa shape index (κ2) is 8.12. The summed E-state index contributed by atoms with van der Waals surface area (Å²) in [6, 6.07) is 9.02. The van der Waals surface area contributed by atoms with E-state index in [0.29, 0.717) is 18.0 Å². The van der Waals surface area contributed by atoms with Crippen molar-refractivity contribution in [1.82, 2.24) is 9.97 Å². The van der Waals surface area contributed by atoms with E-state index in [1.165, 1.54) is 0 Å². The summed E-state index contributed by atoms with van der Waals surface area (Å²) in [6.07, 6.45) is 1.54. The highest BCUT2D eigenvalue weighted by Gasteiger charge is 2.07. The van der Waals surface area contributed by atoms with Crippen molar-refractivity contribution in [1.29, 1.82) is 0 Å². The molecule has 0 saturated heterocycles. The minimum Gasteiger partial charge on any atom is -0.462 e. The van der Waals surface area contributed by atoms with Gasteiger partial charge in [0.1, 0.15) is 18.0 Å². The van der Waals surface area contributed by atoms with Crippen LogP contribution in [-0.2, 0) is 4.74 Å². The van der Waals surface area contributed by atoms with Gasteiger partial charge in [0.2, 0.25) is 0 Å². The molecule has 6 nitrogen and oxygen atoms in total. The number of nitrogens with one attached hydrogen (secondary N) is 1. The number of carbonyl (C=O) groups is 1. The maximum absolute atomic E-state index is 11.6. The number of hydrogen-bond donors (Lipinski definition) is 1. The molecule has 0 unspecified atom stereocenters. The summed E-state index contributed by atoms with van der Waals surface area (Å²) in [5, 5.41) is 3.22. The molecule has 1 aromatic heterocycles. The first-order valence-electron chi connectivity index (χ1n) is 7.79. The fourth-order valence-electron chi connectivity index (χ4n) is 2.19. The maximum atomic E-state index is 11.6. The summed E-state index contributed by atoms with van der Waals surface area (Å²) in [5.74, 6) is 1.28. The smallest absolute Gasteiger partial charge is 0.338 e. The molecule has 0 aliphatic carbocycles. The highest BCUT2D eigenvalue weighted by molar-refractivity contribution is 5.89. The van der Waals surface area contributed by atoms with E-state index in [1.807, 2.05) is 18.2 Å². The van der Waals surface area contributed by atoms with E-state index in [0.717, 1.165) is 24.6 Å². The monoisotopic (exact) mass is 314 g/mol. The largest absolute Gasteiger partial charge is 0.462 e. The van der Waals surface area contributed by atoms with Crippen LogP contribution in [0.4, 0.5) is 17.3 Å².